The number of carbonyl (C=O) groups excluding carboxylic acids is 2. The van der Waals surface area contributed by atoms with Crippen molar-refractivity contribution in [3.63, 3.8) is 0 Å². The number of nitrogens with one attached hydrogen (secondary N) is 1. The fourth-order valence-corrected chi connectivity index (χ4v) is 4.51. The van der Waals surface area contributed by atoms with Crippen molar-refractivity contribution >= 4 is 33.2 Å². The number of nitrogens with zero attached hydrogens (tertiary/aromatic N) is 1. The third-order valence-corrected chi connectivity index (χ3v) is 5.88. The molecule has 2 aromatic rings. The smallest absolute Gasteiger partial charge is 0.255 e. The van der Waals surface area contributed by atoms with Gasteiger partial charge in [0, 0.05) is 11.3 Å². The quantitative estimate of drug-likeness (QED) is 0.914. The van der Waals surface area contributed by atoms with Gasteiger partial charge in [-0.25, -0.2) is 12.7 Å². The molecule has 0 aromatic heterocycles. The summed E-state index contributed by atoms with van der Waals surface area (Å²) in [5.74, 6) is -1.65. The first kappa shape index (κ1) is 17.2. The van der Waals surface area contributed by atoms with Gasteiger partial charge in [-0.15, -0.1) is 0 Å². The van der Waals surface area contributed by atoms with Gasteiger partial charge in [0.1, 0.15) is 0 Å². The molecule has 1 saturated heterocycles. The number of benzene rings is 2. The number of sulfonamides is 1. The number of carbonyl (C=O) groups is 2. The average molecular weight is 358 g/mol. The third-order valence-electron chi connectivity index (χ3n) is 4.01. The van der Waals surface area contributed by atoms with Gasteiger partial charge in [0.15, 0.2) is 0 Å². The number of rotatable bonds is 3. The summed E-state index contributed by atoms with van der Waals surface area (Å²) < 4.78 is 25.2. The van der Waals surface area contributed by atoms with Gasteiger partial charge in [0.25, 0.3) is 5.91 Å². The Kier molecular flexibility index (Phi) is 4.34. The summed E-state index contributed by atoms with van der Waals surface area (Å²) in [4.78, 5) is 24.6. The Bertz CT molecular complexity index is 936. The molecular weight excluding hydrogens is 340 g/mol. The molecule has 0 saturated carbocycles. The minimum absolute atomic E-state index is 0.186. The van der Waals surface area contributed by atoms with E-state index in [2.05, 4.69) is 5.32 Å². The van der Waals surface area contributed by atoms with Crippen LogP contribution >= 0.6 is 0 Å². The average Bonchev–Trinajstić information content (AvgIpc) is 2.77. The maximum absolute atomic E-state index is 12.4. The van der Waals surface area contributed by atoms with Crippen LogP contribution in [-0.4, -0.2) is 26.0 Å². The monoisotopic (exact) mass is 358 g/mol. The van der Waals surface area contributed by atoms with Gasteiger partial charge in [-0.05, 0) is 37.3 Å². The Labute approximate surface area is 146 Å². The van der Waals surface area contributed by atoms with Crippen molar-refractivity contribution in [1.82, 2.24) is 0 Å². The molecule has 1 unspecified atom stereocenters. The first-order valence-corrected chi connectivity index (χ1v) is 9.44. The zero-order valence-corrected chi connectivity index (χ0v) is 14.7. The first-order valence-electron chi connectivity index (χ1n) is 7.83. The summed E-state index contributed by atoms with van der Waals surface area (Å²) in [7, 11) is -3.69. The molecule has 0 radical (unpaired) electrons. The molecule has 3 rings (SSSR count). The van der Waals surface area contributed by atoms with E-state index in [4.69, 9.17) is 0 Å². The van der Waals surface area contributed by atoms with Crippen molar-refractivity contribution in [1.29, 1.82) is 0 Å². The van der Waals surface area contributed by atoms with Gasteiger partial charge in [-0.2, -0.15) is 0 Å². The second kappa shape index (κ2) is 6.33. The van der Waals surface area contributed by atoms with Gasteiger partial charge >= 0.3 is 0 Å². The van der Waals surface area contributed by atoms with Crippen LogP contribution in [0.5, 0.6) is 0 Å². The second-order valence-electron chi connectivity index (χ2n) is 6.15. The molecule has 6 nitrogen and oxygen atoms in total. The van der Waals surface area contributed by atoms with E-state index in [1.165, 1.54) is 12.1 Å². The van der Waals surface area contributed by atoms with Crippen molar-refractivity contribution in [3.05, 3.63) is 59.7 Å². The standard InChI is InChI=1S/C18H18N2O4S/c1-12-6-8-15(9-7-12)19-17(21)14-4-3-5-16(10-14)20-18(22)13(2)11-25(20,23)24/h3-10,13H,11H2,1-2H3,(H,19,21). The Morgan fingerprint density at radius 1 is 1.16 bits per heavy atom. The predicted molar refractivity (Wildman–Crippen MR) is 96.0 cm³/mol. The maximum atomic E-state index is 12.4. The molecule has 1 fully saturated rings. The molecule has 1 aliphatic rings. The molecule has 1 N–H and O–H groups in total. The lowest BCUT2D eigenvalue weighted by Crippen LogP contribution is -2.30. The van der Waals surface area contributed by atoms with Crippen LogP contribution in [0, 0.1) is 12.8 Å². The van der Waals surface area contributed by atoms with E-state index in [1.54, 1.807) is 31.2 Å². The summed E-state index contributed by atoms with van der Waals surface area (Å²) in [6.07, 6.45) is 0. The Hall–Kier alpha value is -2.67. The van der Waals surface area contributed by atoms with Crippen LogP contribution < -0.4 is 9.62 Å². The highest BCUT2D eigenvalue weighted by Gasteiger charge is 2.42. The van der Waals surface area contributed by atoms with E-state index in [1.807, 2.05) is 19.1 Å². The molecule has 2 amide bonds. The lowest BCUT2D eigenvalue weighted by Gasteiger charge is -2.16. The largest absolute Gasteiger partial charge is 0.322 e. The summed E-state index contributed by atoms with van der Waals surface area (Å²) in [6, 6.07) is 13.4. The van der Waals surface area contributed by atoms with Crippen LogP contribution in [0.25, 0.3) is 0 Å². The molecule has 130 valence electrons. The van der Waals surface area contributed by atoms with Crippen LogP contribution in [0.2, 0.25) is 0 Å². The van der Waals surface area contributed by atoms with E-state index >= 15 is 0 Å². The number of anilines is 2. The van der Waals surface area contributed by atoms with Crippen LogP contribution in [0.3, 0.4) is 0 Å². The van der Waals surface area contributed by atoms with Crippen molar-refractivity contribution in [2.75, 3.05) is 15.4 Å². The van der Waals surface area contributed by atoms with Crippen LogP contribution in [0.4, 0.5) is 11.4 Å². The Morgan fingerprint density at radius 2 is 1.84 bits per heavy atom. The van der Waals surface area contributed by atoms with Crippen molar-refractivity contribution < 1.29 is 18.0 Å². The van der Waals surface area contributed by atoms with Gasteiger partial charge in [0.2, 0.25) is 15.9 Å². The summed E-state index contributed by atoms with van der Waals surface area (Å²) in [5, 5.41) is 2.75. The molecule has 1 aliphatic heterocycles. The zero-order valence-electron chi connectivity index (χ0n) is 13.9. The van der Waals surface area contributed by atoms with Gasteiger partial charge in [-0.1, -0.05) is 30.7 Å². The minimum Gasteiger partial charge on any atom is -0.322 e. The highest BCUT2D eigenvalue weighted by atomic mass is 32.2. The van der Waals surface area contributed by atoms with Crippen LogP contribution in [0.1, 0.15) is 22.8 Å². The van der Waals surface area contributed by atoms with Crippen LogP contribution in [-0.2, 0) is 14.8 Å². The van der Waals surface area contributed by atoms with E-state index in [0.717, 1.165) is 9.87 Å². The minimum atomic E-state index is -3.69. The van der Waals surface area contributed by atoms with E-state index in [-0.39, 0.29) is 22.9 Å². The van der Waals surface area contributed by atoms with Crippen molar-refractivity contribution in [3.8, 4) is 0 Å². The first-order chi connectivity index (χ1) is 11.8. The summed E-state index contributed by atoms with van der Waals surface area (Å²) in [5.41, 5.74) is 2.18. The number of amides is 2. The molecule has 1 atom stereocenters. The van der Waals surface area contributed by atoms with Crippen LogP contribution in [0.15, 0.2) is 48.5 Å². The molecule has 7 heteroatoms. The maximum Gasteiger partial charge on any atom is 0.255 e. The molecule has 0 aliphatic carbocycles. The highest BCUT2D eigenvalue weighted by Crippen LogP contribution is 2.28. The molecule has 2 aromatic carbocycles. The van der Waals surface area contributed by atoms with E-state index in [0.29, 0.717) is 5.69 Å². The van der Waals surface area contributed by atoms with E-state index < -0.39 is 21.8 Å². The van der Waals surface area contributed by atoms with Gasteiger partial charge in [0.05, 0.1) is 17.4 Å². The summed E-state index contributed by atoms with van der Waals surface area (Å²) in [6.45, 7) is 3.53. The molecule has 1 heterocycles. The lowest BCUT2D eigenvalue weighted by molar-refractivity contribution is -0.119. The van der Waals surface area contributed by atoms with E-state index in [9.17, 15) is 18.0 Å². The third kappa shape index (κ3) is 3.41. The fraction of sp³-hybridized carbons (Fsp3) is 0.222. The molecule has 25 heavy (non-hydrogen) atoms. The molecule has 0 bridgehead atoms. The zero-order chi connectivity index (χ0) is 18.2. The Balaban J connectivity index is 1.88. The SMILES string of the molecule is Cc1ccc(NC(=O)c2cccc(N3C(=O)C(C)CS3(=O)=O)c2)cc1. The lowest BCUT2D eigenvalue weighted by atomic mass is 10.1. The Morgan fingerprint density at radius 3 is 2.44 bits per heavy atom. The summed E-state index contributed by atoms with van der Waals surface area (Å²) >= 11 is 0. The molecule has 0 spiro atoms. The second-order valence-corrected chi connectivity index (χ2v) is 8.02. The van der Waals surface area contributed by atoms with Crippen molar-refractivity contribution in [2.45, 2.75) is 13.8 Å². The fourth-order valence-electron chi connectivity index (χ4n) is 2.70. The number of hydrogen-bond acceptors (Lipinski definition) is 4. The highest BCUT2D eigenvalue weighted by molar-refractivity contribution is 7.94. The number of aryl methyl sites for hydroxylation is 1. The predicted octanol–water partition coefficient (Wildman–Crippen LogP) is 2.56. The van der Waals surface area contributed by atoms with Gasteiger partial charge < -0.3 is 5.32 Å². The normalized spacial score (nSPS) is 19.0. The topological polar surface area (TPSA) is 83.6 Å². The van der Waals surface area contributed by atoms with Gasteiger partial charge in [-0.3, -0.25) is 9.59 Å². The molecular formula is C18H18N2O4S. The number of hydrogen-bond donors (Lipinski definition) is 1. The van der Waals surface area contributed by atoms with Crippen molar-refractivity contribution in [2.24, 2.45) is 5.92 Å².